The number of piperazine rings is 1. The molecule has 1 aliphatic heterocycles. The van der Waals surface area contributed by atoms with Gasteiger partial charge in [-0.25, -0.2) is 9.97 Å². The molecule has 1 fully saturated rings. The summed E-state index contributed by atoms with van der Waals surface area (Å²) < 4.78 is 0. The summed E-state index contributed by atoms with van der Waals surface area (Å²) in [5, 5.41) is 3.42. The van der Waals surface area contributed by atoms with Crippen LogP contribution in [0.4, 0.5) is 5.82 Å². The highest BCUT2D eigenvalue weighted by Crippen LogP contribution is 2.38. The Morgan fingerprint density at radius 3 is 2.41 bits per heavy atom. The van der Waals surface area contributed by atoms with Crippen LogP contribution in [0.15, 0.2) is 60.2 Å². The van der Waals surface area contributed by atoms with E-state index in [-0.39, 0.29) is 0 Å². The topological polar surface area (TPSA) is 48.4 Å². The smallest absolute Gasteiger partial charge is 0.146 e. The van der Waals surface area contributed by atoms with Crippen molar-refractivity contribution in [2.45, 2.75) is 13.1 Å². The first-order chi connectivity index (χ1) is 15.7. The second-order valence-electron chi connectivity index (χ2n) is 8.52. The van der Waals surface area contributed by atoms with Crippen LogP contribution in [-0.2, 0) is 13.1 Å². The zero-order valence-electron chi connectivity index (χ0n) is 18.6. The number of hydrogen-bond donors (Lipinski definition) is 0. The van der Waals surface area contributed by atoms with Crippen molar-refractivity contribution in [2.24, 2.45) is 0 Å². The molecule has 0 bridgehead atoms. The minimum absolute atomic E-state index is 0.740. The van der Waals surface area contributed by atoms with Gasteiger partial charge in [-0.1, -0.05) is 30.3 Å². The first-order valence-electron chi connectivity index (χ1n) is 11.0. The maximum absolute atomic E-state index is 5.09. The average Bonchev–Trinajstić information content (AvgIpc) is 3.24. The Morgan fingerprint density at radius 2 is 1.69 bits per heavy atom. The Morgan fingerprint density at radius 1 is 0.938 bits per heavy atom. The standard InChI is InChI=1S/C25H28N6S/c1-29(2)17-22-27-24(23-21(18-32-25(23)28-22)20-6-4-3-5-7-20)31-14-12-30(13-15-31)16-19-8-10-26-11-9-19/h3-11,18H,12-17H2,1-2H3. The average molecular weight is 445 g/mol. The van der Waals surface area contributed by atoms with Crippen LogP contribution in [0.5, 0.6) is 0 Å². The number of pyridine rings is 1. The molecule has 0 atom stereocenters. The van der Waals surface area contributed by atoms with Gasteiger partial charge in [-0.15, -0.1) is 11.3 Å². The number of fused-ring (bicyclic) bond motifs is 1. The Bertz CT molecular complexity index is 1170. The molecule has 32 heavy (non-hydrogen) atoms. The molecule has 0 amide bonds. The highest BCUT2D eigenvalue weighted by Gasteiger charge is 2.24. The Kier molecular flexibility index (Phi) is 6.12. The van der Waals surface area contributed by atoms with Gasteiger partial charge >= 0.3 is 0 Å². The van der Waals surface area contributed by atoms with E-state index in [4.69, 9.17) is 9.97 Å². The van der Waals surface area contributed by atoms with Gasteiger partial charge in [0.1, 0.15) is 16.5 Å². The van der Waals surface area contributed by atoms with Crippen molar-refractivity contribution >= 4 is 27.4 Å². The fourth-order valence-electron chi connectivity index (χ4n) is 4.24. The monoisotopic (exact) mass is 444 g/mol. The maximum Gasteiger partial charge on any atom is 0.146 e. The molecule has 6 nitrogen and oxygen atoms in total. The molecule has 1 saturated heterocycles. The third kappa shape index (κ3) is 4.50. The van der Waals surface area contributed by atoms with Gasteiger partial charge in [-0.3, -0.25) is 9.88 Å². The van der Waals surface area contributed by atoms with Gasteiger partial charge < -0.3 is 9.80 Å². The SMILES string of the molecule is CN(C)Cc1nc(N2CCN(Cc3ccncc3)CC2)c2c(-c3ccccc3)csc2n1. The molecule has 7 heteroatoms. The van der Waals surface area contributed by atoms with Crippen molar-refractivity contribution < 1.29 is 0 Å². The van der Waals surface area contributed by atoms with E-state index in [9.17, 15) is 0 Å². The summed E-state index contributed by atoms with van der Waals surface area (Å²) in [6.45, 7) is 5.66. The molecular formula is C25H28N6S. The molecule has 0 N–H and O–H groups in total. The summed E-state index contributed by atoms with van der Waals surface area (Å²) in [6.07, 6.45) is 3.74. The minimum atomic E-state index is 0.740. The van der Waals surface area contributed by atoms with Crippen molar-refractivity contribution in [2.75, 3.05) is 45.2 Å². The molecule has 5 rings (SSSR count). The van der Waals surface area contributed by atoms with E-state index >= 15 is 0 Å². The number of nitrogens with zero attached hydrogens (tertiary/aromatic N) is 6. The summed E-state index contributed by atoms with van der Waals surface area (Å²) in [5.74, 6) is 1.97. The lowest BCUT2D eigenvalue weighted by Gasteiger charge is -2.36. The summed E-state index contributed by atoms with van der Waals surface area (Å²) in [4.78, 5) is 22.3. The van der Waals surface area contributed by atoms with Gasteiger partial charge in [0.25, 0.3) is 0 Å². The molecule has 0 radical (unpaired) electrons. The first kappa shape index (κ1) is 21.0. The van der Waals surface area contributed by atoms with E-state index in [0.717, 1.165) is 55.7 Å². The number of aromatic nitrogens is 3. The van der Waals surface area contributed by atoms with E-state index in [1.807, 2.05) is 12.4 Å². The summed E-state index contributed by atoms with van der Waals surface area (Å²) >= 11 is 1.72. The minimum Gasteiger partial charge on any atom is -0.353 e. The van der Waals surface area contributed by atoms with Crippen LogP contribution in [0, 0.1) is 0 Å². The van der Waals surface area contributed by atoms with E-state index < -0.39 is 0 Å². The van der Waals surface area contributed by atoms with E-state index in [0.29, 0.717) is 0 Å². The fraction of sp³-hybridized carbons (Fsp3) is 0.320. The predicted octanol–water partition coefficient (Wildman–Crippen LogP) is 4.14. The number of hydrogen-bond acceptors (Lipinski definition) is 7. The molecule has 1 aliphatic rings. The molecular weight excluding hydrogens is 416 g/mol. The van der Waals surface area contributed by atoms with E-state index in [1.165, 1.54) is 22.1 Å². The van der Waals surface area contributed by atoms with Crippen molar-refractivity contribution in [1.82, 2.24) is 24.8 Å². The Labute approximate surface area is 193 Å². The molecule has 164 valence electrons. The van der Waals surface area contributed by atoms with Crippen LogP contribution >= 0.6 is 11.3 Å². The molecule has 4 heterocycles. The highest BCUT2D eigenvalue weighted by molar-refractivity contribution is 7.17. The molecule has 0 unspecified atom stereocenters. The summed E-state index contributed by atoms with van der Waals surface area (Å²) in [5.41, 5.74) is 3.77. The van der Waals surface area contributed by atoms with Crippen LogP contribution in [0.3, 0.4) is 0 Å². The van der Waals surface area contributed by atoms with Gasteiger partial charge in [0.2, 0.25) is 0 Å². The molecule has 3 aromatic heterocycles. The maximum atomic E-state index is 5.09. The van der Waals surface area contributed by atoms with Crippen LogP contribution in [0.1, 0.15) is 11.4 Å². The van der Waals surface area contributed by atoms with Crippen LogP contribution < -0.4 is 4.90 Å². The second-order valence-corrected chi connectivity index (χ2v) is 9.37. The van der Waals surface area contributed by atoms with Crippen molar-refractivity contribution in [1.29, 1.82) is 0 Å². The normalized spacial score (nSPS) is 15.0. The lowest BCUT2D eigenvalue weighted by Crippen LogP contribution is -2.46. The van der Waals surface area contributed by atoms with Crippen LogP contribution in [-0.4, -0.2) is 65.0 Å². The third-order valence-electron chi connectivity index (χ3n) is 5.83. The Hall–Kier alpha value is -2.87. The van der Waals surface area contributed by atoms with E-state index in [2.05, 4.69) is 81.6 Å². The molecule has 1 aromatic carbocycles. The molecule has 4 aromatic rings. The molecule has 0 saturated carbocycles. The number of rotatable bonds is 6. The van der Waals surface area contributed by atoms with Crippen LogP contribution in [0.2, 0.25) is 0 Å². The largest absolute Gasteiger partial charge is 0.353 e. The van der Waals surface area contributed by atoms with Crippen LogP contribution in [0.25, 0.3) is 21.3 Å². The summed E-state index contributed by atoms with van der Waals surface area (Å²) in [7, 11) is 4.13. The second kappa shape index (κ2) is 9.32. The third-order valence-corrected chi connectivity index (χ3v) is 6.70. The van der Waals surface area contributed by atoms with Gasteiger partial charge in [0.05, 0.1) is 11.9 Å². The zero-order valence-corrected chi connectivity index (χ0v) is 19.4. The number of anilines is 1. The Balaban J connectivity index is 1.46. The lowest BCUT2D eigenvalue weighted by molar-refractivity contribution is 0.249. The predicted molar refractivity (Wildman–Crippen MR) is 132 cm³/mol. The van der Waals surface area contributed by atoms with Crippen molar-refractivity contribution in [3.63, 3.8) is 0 Å². The van der Waals surface area contributed by atoms with Gasteiger partial charge in [-0.05, 0) is 37.4 Å². The van der Waals surface area contributed by atoms with Gasteiger partial charge in [0, 0.05) is 56.1 Å². The van der Waals surface area contributed by atoms with E-state index in [1.54, 1.807) is 11.3 Å². The lowest BCUT2D eigenvalue weighted by atomic mass is 10.1. The summed E-state index contributed by atoms with van der Waals surface area (Å²) in [6, 6.07) is 14.8. The quantitative estimate of drug-likeness (QED) is 0.446. The zero-order chi connectivity index (χ0) is 21.9. The van der Waals surface area contributed by atoms with Crippen molar-refractivity contribution in [3.05, 3.63) is 71.6 Å². The highest BCUT2D eigenvalue weighted by atomic mass is 32.1. The van der Waals surface area contributed by atoms with Gasteiger partial charge in [-0.2, -0.15) is 0 Å². The number of thiophene rings is 1. The first-order valence-corrected chi connectivity index (χ1v) is 11.9. The van der Waals surface area contributed by atoms with Gasteiger partial charge in [0.15, 0.2) is 0 Å². The molecule has 0 aliphatic carbocycles. The molecule has 0 spiro atoms. The number of benzene rings is 1. The van der Waals surface area contributed by atoms with Crippen molar-refractivity contribution in [3.8, 4) is 11.1 Å². The fourth-order valence-corrected chi connectivity index (χ4v) is 5.20.